The summed E-state index contributed by atoms with van der Waals surface area (Å²) >= 11 is 0. The topological polar surface area (TPSA) is 92.4 Å². The second kappa shape index (κ2) is 4.88. The third-order valence-electron chi connectivity index (χ3n) is 4.38. The molecule has 1 amide bonds. The molecule has 2 saturated carbocycles. The third-order valence-corrected chi connectivity index (χ3v) is 4.38. The molecule has 0 heterocycles. The Morgan fingerprint density at radius 3 is 2.06 bits per heavy atom. The van der Waals surface area contributed by atoms with E-state index < -0.39 is 17.0 Å². The van der Waals surface area contributed by atoms with Gasteiger partial charge in [0, 0.05) is 0 Å². The zero-order chi connectivity index (χ0) is 13.2. The lowest BCUT2D eigenvalue weighted by Crippen LogP contribution is -2.59. The molecule has 0 aromatic rings. The van der Waals surface area contributed by atoms with Crippen LogP contribution in [-0.4, -0.2) is 28.1 Å². The minimum absolute atomic E-state index is 0.00875. The van der Waals surface area contributed by atoms with Crippen molar-refractivity contribution in [2.45, 2.75) is 68.9 Å². The van der Waals surface area contributed by atoms with E-state index in [4.69, 9.17) is 10.8 Å². The fourth-order valence-electron chi connectivity index (χ4n) is 3.29. The molecule has 18 heavy (non-hydrogen) atoms. The number of nitrogens with two attached hydrogens (primary N) is 1. The van der Waals surface area contributed by atoms with E-state index in [0.29, 0.717) is 12.8 Å². The quantitative estimate of drug-likeness (QED) is 0.702. The van der Waals surface area contributed by atoms with E-state index in [2.05, 4.69) is 5.32 Å². The highest BCUT2D eigenvalue weighted by Crippen LogP contribution is 2.35. The number of amides is 1. The number of carboxylic acids is 1. The summed E-state index contributed by atoms with van der Waals surface area (Å²) < 4.78 is 0. The highest BCUT2D eigenvalue weighted by molar-refractivity contribution is 5.87. The summed E-state index contributed by atoms with van der Waals surface area (Å²) in [5.41, 5.74) is 4.78. The molecule has 5 heteroatoms. The Morgan fingerprint density at radius 2 is 1.56 bits per heavy atom. The normalized spacial score (nSPS) is 24.9. The van der Waals surface area contributed by atoms with Gasteiger partial charge in [-0.3, -0.25) is 9.59 Å². The third kappa shape index (κ3) is 2.66. The fourth-order valence-corrected chi connectivity index (χ4v) is 3.29. The van der Waals surface area contributed by atoms with Crippen molar-refractivity contribution in [3.05, 3.63) is 0 Å². The Hall–Kier alpha value is -1.10. The molecule has 2 rings (SSSR count). The molecule has 0 aromatic carbocycles. The van der Waals surface area contributed by atoms with Gasteiger partial charge in [0.2, 0.25) is 5.91 Å². The summed E-state index contributed by atoms with van der Waals surface area (Å²) in [7, 11) is 0. The summed E-state index contributed by atoms with van der Waals surface area (Å²) in [4.78, 5) is 23.2. The van der Waals surface area contributed by atoms with Crippen molar-refractivity contribution in [3.8, 4) is 0 Å². The molecule has 0 atom stereocenters. The van der Waals surface area contributed by atoms with Gasteiger partial charge in [0.15, 0.2) is 0 Å². The van der Waals surface area contributed by atoms with Crippen molar-refractivity contribution in [3.63, 3.8) is 0 Å². The van der Waals surface area contributed by atoms with E-state index in [1.165, 1.54) is 0 Å². The lowest BCUT2D eigenvalue weighted by molar-refractivity contribution is -0.139. The molecule has 0 saturated heterocycles. The summed E-state index contributed by atoms with van der Waals surface area (Å²) in [6, 6.07) is 0. The Balaban J connectivity index is 2.04. The number of nitrogens with one attached hydrogen (secondary N) is 1. The standard InChI is InChI=1S/C13H22N2O3/c14-13(7-3-4-8-13)11(18)15-12(9-10(16)17)5-1-2-6-12/h1-9,14H2,(H,15,18)(H,16,17). The summed E-state index contributed by atoms with van der Waals surface area (Å²) in [5, 5.41) is 12.0. The maximum atomic E-state index is 12.3. The number of rotatable bonds is 4. The summed E-state index contributed by atoms with van der Waals surface area (Å²) in [5.74, 6) is -1.00. The van der Waals surface area contributed by atoms with Gasteiger partial charge in [-0.2, -0.15) is 0 Å². The molecule has 0 aromatic heterocycles. The van der Waals surface area contributed by atoms with Crippen molar-refractivity contribution >= 4 is 11.9 Å². The first kappa shape index (κ1) is 13.3. The van der Waals surface area contributed by atoms with Crippen LogP contribution in [0.5, 0.6) is 0 Å². The largest absolute Gasteiger partial charge is 0.481 e. The van der Waals surface area contributed by atoms with Crippen molar-refractivity contribution in [2.24, 2.45) is 5.73 Å². The second-order valence-corrected chi connectivity index (χ2v) is 5.88. The summed E-state index contributed by atoms with van der Waals surface area (Å²) in [6.07, 6.45) is 6.85. The fraction of sp³-hybridized carbons (Fsp3) is 0.846. The molecular formula is C13H22N2O3. The van der Waals surface area contributed by atoms with Gasteiger partial charge in [-0.15, -0.1) is 0 Å². The van der Waals surface area contributed by atoms with Crippen molar-refractivity contribution in [2.75, 3.05) is 0 Å². The smallest absolute Gasteiger partial charge is 0.305 e. The van der Waals surface area contributed by atoms with E-state index in [9.17, 15) is 9.59 Å². The van der Waals surface area contributed by atoms with Gasteiger partial charge in [0.25, 0.3) is 0 Å². The van der Waals surface area contributed by atoms with Crippen LogP contribution in [0.25, 0.3) is 0 Å². The van der Waals surface area contributed by atoms with Gasteiger partial charge in [-0.05, 0) is 25.7 Å². The van der Waals surface area contributed by atoms with Crippen molar-refractivity contribution in [1.82, 2.24) is 5.32 Å². The van der Waals surface area contributed by atoms with Gasteiger partial charge >= 0.3 is 5.97 Å². The number of hydrogen-bond donors (Lipinski definition) is 3. The number of carbonyl (C=O) groups excluding carboxylic acids is 1. The van der Waals surface area contributed by atoms with E-state index in [-0.39, 0.29) is 12.3 Å². The Morgan fingerprint density at radius 1 is 1.06 bits per heavy atom. The average molecular weight is 254 g/mol. The molecule has 2 aliphatic carbocycles. The molecule has 2 aliphatic rings. The molecule has 0 radical (unpaired) electrons. The minimum Gasteiger partial charge on any atom is -0.481 e. The SMILES string of the molecule is NC1(C(=O)NC2(CC(=O)O)CCCC2)CCCC1. The molecule has 2 fully saturated rings. The maximum Gasteiger partial charge on any atom is 0.305 e. The van der Waals surface area contributed by atoms with Gasteiger partial charge in [0.1, 0.15) is 0 Å². The van der Waals surface area contributed by atoms with Gasteiger partial charge in [-0.25, -0.2) is 0 Å². The van der Waals surface area contributed by atoms with Gasteiger partial charge in [0.05, 0.1) is 17.5 Å². The molecular weight excluding hydrogens is 232 g/mol. The molecule has 102 valence electrons. The van der Waals surface area contributed by atoms with Crippen LogP contribution in [-0.2, 0) is 9.59 Å². The lowest BCUT2D eigenvalue weighted by Gasteiger charge is -2.33. The molecule has 5 nitrogen and oxygen atoms in total. The number of carboxylic acid groups (broad SMARTS) is 1. The zero-order valence-electron chi connectivity index (χ0n) is 10.7. The first-order valence-electron chi connectivity index (χ1n) is 6.79. The zero-order valence-corrected chi connectivity index (χ0v) is 10.7. The predicted octanol–water partition coefficient (Wildman–Crippen LogP) is 1.16. The van der Waals surface area contributed by atoms with Crippen molar-refractivity contribution in [1.29, 1.82) is 0 Å². The lowest BCUT2D eigenvalue weighted by atomic mass is 9.90. The van der Waals surface area contributed by atoms with Crippen LogP contribution in [0, 0.1) is 0 Å². The molecule has 0 bridgehead atoms. The van der Waals surface area contributed by atoms with Crippen molar-refractivity contribution < 1.29 is 14.7 Å². The van der Waals surface area contributed by atoms with Gasteiger partial charge in [-0.1, -0.05) is 25.7 Å². The first-order valence-corrected chi connectivity index (χ1v) is 6.79. The van der Waals surface area contributed by atoms with Crippen LogP contribution >= 0.6 is 0 Å². The average Bonchev–Trinajstić information content (AvgIpc) is 2.88. The highest BCUT2D eigenvalue weighted by Gasteiger charge is 2.43. The molecule has 4 N–H and O–H groups in total. The molecule has 0 aliphatic heterocycles. The maximum absolute atomic E-state index is 12.3. The van der Waals surface area contributed by atoms with E-state index >= 15 is 0 Å². The molecule has 0 spiro atoms. The number of hydrogen-bond acceptors (Lipinski definition) is 3. The van der Waals surface area contributed by atoms with E-state index in [0.717, 1.165) is 38.5 Å². The van der Waals surface area contributed by atoms with Crippen LogP contribution in [0.4, 0.5) is 0 Å². The molecule has 0 unspecified atom stereocenters. The monoisotopic (exact) mass is 254 g/mol. The Kier molecular flexibility index (Phi) is 3.61. The van der Waals surface area contributed by atoms with Crippen LogP contribution in [0.15, 0.2) is 0 Å². The van der Waals surface area contributed by atoms with E-state index in [1.54, 1.807) is 0 Å². The van der Waals surface area contributed by atoms with Crippen LogP contribution in [0.2, 0.25) is 0 Å². The van der Waals surface area contributed by atoms with Crippen LogP contribution in [0.1, 0.15) is 57.8 Å². The minimum atomic E-state index is -0.852. The Bertz CT molecular complexity index is 342. The summed E-state index contributed by atoms with van der Waals surface area (Å²) in [6.45, 7) is 0. The first-order chi connectivity index (χ1) is 8.46. The van der Waals surface area contributed by atoms with Gasteiger partial charge < -0.3 is 16.2 Å². The second-order valence-electron chi connectivity index (χ2n) is 5.88. The van der Waals surface area contributed by atoms with E-state index in [1.807, 2.05) is 0 Å². The van der Waals surface area contributed by atoms with Crippen LogP contribution < -0.4 is 11.1 Å². The Labute approximate surface area is 107 Å². The number of carbonyl (C=O) groups is 2. The number of aliphatic carboxylic acids is 1. The van der Waals surface area contributed by atoms with Crippen LogP contribution in [0.3, 0.4) is 0 Å². The predicted molar refractivity (Wildman–Crippen MR) is 67.0 cm³/mol. The highest BCUT2D eigenvalue weighted by atomic mass is 16.4.